The first-order valence-electron chi connectivity index (χ1n) is 8.70. The van der Waals surface area contributed by atoms with E-state index in [-0.39, 0.29) is 5.91 Å². The standard InChI is InChI=1S/C19H20N4OS2/c1-2-14-5-3-4-6-16(14)23-13-20-21-19(23)26-12-18(24)22-9-7-17-15(11-22)8-10-25-17/h3-6,8,10,13H,2,7,9,11-12H2,1H3. The molecule has 1 amide bonds. The minimum atomic E-state index is 0.158. The van der Waals surface area contributed by atoms with Crippen LogP contribution < -0.4 is 0 Å². The number of thiophene rings is 1. The summed E-state index contributed by atoms with van der Waals surface area (Å²) in [5.41, 5.74) is 3.61. The average molecular weight is 385 g/mol. The van der Waals surface area contributed by atoms with Gasteiger partial charge in [0.1, 0.15) is 6.33 Å². The molecule has 7 heteroatoms. The first kappa shape index (κ1) is 17.3. The lowest BCUT2D eigenvalue weighted by Crippen LogP contribution is -2.36. The molecule has 0 radical (unpaired) electrons. The van der Waals surface area contributed by atoms with Crippen LogP contribution in [0.4, 0.5) is 0 Å². The highest BCUT2D eigenvalue weighted by Crippen LogP contribution is 2.26. The number of benzene rings is 1. The van der Waals surface area contributed by atoms with Gasteiger partial charge in [-0.15, -0.1) is 21.5 Å². The molecule has 0 unspecified atom stereocenters. The number of thioether (sulfide) groups is 1. The predicted octanol–water partition coefficient (Wildman–Crippen LogP) is 3.57. The maximum Gasteiger partial charge on any atom is 0.233 e. The SMILES string of the molecule is CCc1ccccc1-n1cnnc1SCC(=O)N1CCc2sccc2C1. The number of rotatable bonds is 5. The van der Waals surface area contributed by atoms with E-state index in [9.17, 15) is 4.79 Å². The Morgan fingerprint density at radius 1 is 1.31 bits per heavy atom. The summed E-state index contributed by atoms with van der Waals surface area (Å²) < 4.78 is 1.98. The number of hydrogen-bond donors (Lipinski definition) is 0. The molecular formula is C19H20N4OS2. The van der Waals surface area contributed by atoms with Crippen LogP contribution in [-0.4, -0.2) is 37.9 Å². The molecule has 134 valence electrons. The Morgan fingerprint density at radius 3 is 3.08 bits per heavy atom. The summed E-state index contributed by atoms with van der Waals surface area (Å²) in [6, 6.07) is 10.4. The van der Waals surface area contributed by atoms with Crippen LogP contribution in [0.1, 0.15) is 22.9 Å². The van der Waals surface area contributed by atoms with Crippen LogP contribution in [-0.2, 0) is 24.2 Å². The Hall–Kier alpha value is -2.12. The highest BCUT2D eigenvalue weighted by molar-refractivity contribution is 7.99. The van der Waals surface area contributed by atoms with Gasteiger partial charge in [0.2, 0.25) is 5.91 Å². The number of fused-ring (bicyclic) bond motifs is 1. The van der Waals surface area contributed by atoms with Gasteiger partial charge < -0.3 is 4.90 Å². The average Bonchev–Trinajstić information content (AvgIpc) is 3.34. The topological polar surface area (TPSA) is 51.0 Å². The predicted molar refractivity (Wildman–Crippen MR) is 105 cm³/mol. The van der Waals surface area contributed by atoms with Crippen molar-refractivity contribution in [3.63, 3.8) is 0 Å². The Balaban J connectivity index is 1.45. The Labute approximate surface area is 161 Å². The quantitative estimate of drug-likeness (QED) is 0.631. The van der Waals surface area contributed by atoms with Gasteiger partial charge in [-0.1, -0.05) is 36.9 Å². The summed E-state index contributed by atoms with van der Waals surface area (Å²) in [6.07, 6.45) is 3.62. The van der Waals surface area contributed by atoms with Crippen LogP contribution in [0.3, 0.4) is 0 Å². The molecular weight excluding hydrogens is 364 g/mol. The third-order valence-corrected chi connectivity index (χ3v) is 6.58. The van der Waals surface area contributed by atoms with Gasteiger partial charge in [-0.25, -0.2) is 0 Å². The molecule has 1 aliphatic heterocycles. The van der Waals surface area contributed by atoms with Gasteiger partial charge in [-0.05, 0) is 41.5 Å². The lowest BCUT2D eigenvalue weighted by Gasteiger charge is -2.26. The number of carbonyl (C=O) groups excluding carboxylic acids is 1. The van der Waals surface area contributed by atoms with Crippen LogP contribution in [0.25, 0.3) is 5.69 Å². The molecule has 5 nitrogen and oxygen atoms in total. The molecule has 3 aromatic rings. The third-order valence-electron chi connectivity index (χ3n) is 4.63. The first-order chi connectivity index (χ1) is 12.8. The summed E-state index contributed by atoms with van der Waals surface area (Å²) in [6.45, 7) is 3.66. The summed E-state index contributed by atoms with van der Waals surface area (Å²) in [5.74, 6) is 0.539. The molecule has 0 fully saturated rings. The normalized spacial score (nSPS) is 13.7. The summed E-state index contributed by atoms with van der Waals surface area (Å²) >= 11 is 3.24. The second-order valence-corrected chi connectivity index (χ2v) is 8.13. The Kier molecular flexibility index (Phi) is 5.08. The molecule has 0 N–H and O–H groups in total. The van der Waals surface area contributed by atoms with Crippen molar-refractivity contribution in [2.24, 2.45) is 0 Å². The minimum Gasteiger partial charge on any atom is -0.337 e. The molecule has 26 heavy (non-hydrogen) atoms. The first-order valence-corrected chi connectivity index (χ1v) is 10.6. The highest BCUT2D eigenvalue weighted by Gasteiger charge is 2.22. The highest BCUT2D eigenvalue weighted by atomic mass is 32.2. The van der Waals surface area contributed by atoms with Crippen LogP contribution in [0.5, 0.6) is 0 Å². The zero-order valence-electron chi connectivity index (χ0n) is 14.6. The summed E-state index contributed by atoms with van der Waals surface area (Å²) in [7, 11) is 0. The van der Waals surface area contributed by atoms with E-state index in [0.717, 1.165) is 36.8 Å². The van der Waals surface area contributed by atoms with E-state index in [1.165, 1.54) is 27.8 Å². The van der Waals surface area contributed by atoms with E-state index in [1.807, 2.05) is 21.6 Å². The monoisotopic (exact) mass is 384 g/mol. The number of para-hydroxylation sites is 1. The molecule has 0 saturated heterocycles. The van der Waals surface area contributed by atoms with Gasteiger partial charge in [0, 0.05) is 18.0 Å². The minimum absolute atomic E-state index is 0.158. The molecule has 2 aromatic heterocycles. The van der Waals surface area contributed by atoms with E-state index in [4.69, 9.17) is 0 Å². The maximum atomic E-state index is 12.6. The summed E-state index contributed by atoms with van der Waals surface area (Å²) in [5, 5.41) is 11.1. The van der Waals surface area contributed by atoms with Gasteiger partial charge in [-0.3, -0.25) is 9.36 Å². The molecule has 0 aliphatic carbocycles. The van der Waals surface area contributed by atoms with Gasteiger partial charge in [0.15, 0.2) is 5.16 Å². The summed E-state index contributed by atoms with van der Waals surface area (Å²) in [4.78, 5) is 16.0. The molecule has 1 aromatic carbocycles. The van der Waals surface area contributed by atoms with Crippen molar-refractivity contribution in [3.05, 3.63) is 58.0 Å². The van der Waals surface area contributed by atoms with E-state index in [1.54, 1.807) is 17.7 Å². The van der Waals surface area contributed by atoms with Crippen molar-refractivity contribution >= 4 is 29.0 Å². The van der Waals surface area contributed by atoms with Crippen molar-refractivity contribution in [1.29, 1.82) is 0 Å². The van der Waals surface area contributed by atoms with Crippen LogP contribution >= 0.6 is 23.1 Å². The van der Waals surface area contributed by atoms with E-state index in [0.29, 0.717) is 5.75 Å². The van der Waals surface area contributed by atoms with E-state index in [2.05, 4.69) is 40.7 Å². The fraction of sp³-hybridized carbons (Fsp3) is 0.316. The molecule has 3 heterocycles. The van der Waals surface area contributed by atoms with Crippen LogP contribution in [0, 0.1) is 0 Å². The number of aromatic nitrogens is 3. The van der Waals surface area contributed by atoms with Gasteiger partial charge in [0.25, 0.3) is 0 Å². The van der Waals surface area contributed by atoms with Crippen LogP contribution in [0.15, 0.2) is 47.2 Å². The van der Waals surface area contributed by atoms with E-state index < -0.39 is 0 Å². The number of carbonyl (C=O) groups is 1. The zero-order chi connectivity index (χ0) is 17.9. The molecule has 1 aliphatic rings. The lowest BCUT2D eigenvalue weighted by molar-refractivity contribution is -0.129. The number of nitrogens with zero attached hydrogens (tertiary/aromatic N) is 4. The fourth-order valence-electron chi connectivity index (χ4n) is 3.21. The smallest absolute Gasteiger partial charge is 0.233 e. The van der Waals surface area contributed by atoms with Crippen LogP contribution in [0.2, 0.25) is 0 Å². The van der Waals surface area contributed by atoms with Crippen molar-refractivity contribution < 1.29 is 4.79 Å². The fourth-order valence-corrected chi connectivity index (χ4v) is 4.93. The maximum absolute atomic E-state index is 12.6. The van der Waals surface area contributed by atoms with E-state index >= 15 is 0 Å². The van der Waals surface area contributed by atoms with Gasteiger partial charge in [0.05, 0.1) is 11.4 Å². The molecule has 4 rings (SSSR count). The van der Waals surface area contributed by atoms with Crippen molar-refractivity contribution in [3.8, 4) is 5.69 Å². The number of aryl methyl sites for hydroxylation is 1. The second-order valence-electron chi connectivity index (χ2n) is 6.19. The molecule has 0 saturated carbocycles. The molecule has 0 atom stereocenters. The second kappa shape index (κ2) is 7.63. The van der Waals surface area contributed by atoms with Crippen molar-refractivity contribution in [1.82, 2.24) is 19.7 Å². The molecule has 0 spiro atoms. The Morgan fingerprint density at radius 2 is 2.19 bits per heavy atom. The van der Waals surface area contributed by atoms with Gasteiger partial charge >= 0.3 is 0 Å². The number of hydrogen-bond acceptors (Lipinski definition) is 5. The third kappa shape index (κ3) is 3.41. The molecule has 0 bridgehead atoms. The lowest BCUT2D eigenvalue weighted by atomic mass is 10.1. The number of amides is 1. The Bertz CT molecular complexity index is 918. The van der Waals surface area contributed by atoms with Crippen molar-refractivity contribution in [2.45, 2.75) is 31.5 Å². The van der Waals surface area contributed by atoms with Gasteiger partial charge in [-0.2, -0.15) is 0 Å². The zero-order valence-corrected chi connectivity index (χ0v) is 16.2. The largest absolute Gasteiger partial charge is 0.337 e. The van der Waals surface area contributed by atoms with Crippen molar-refractivity contribution in [2.75, 3.05) is 12.3 Å².